The third-order valence-electron chi connectivity index (χ3n) is 5.17. The Hall–Kier alpha value is -2.81. The number of fused-ring (bicyclic) bond motifs is 1. The van der Waals surface area contributed by atoms with Gasteiger partial charge in [-0.15, -0.1) is 5.10 Å². The van der Waals surface area contributed by atoms with Crippen molar-refractivity contribution in [2.45, 2.75) is 45.4 Å². The Morgan fingerprint density at radius 1 is 1.38 bits per heavy atom. The van der Waals surface area contributed by atoms with Crippen LogP contribution in [0.1, 0.15) is 42.5 Å². The maximum atomic E-state index is 13.6. The van der Waals surface area contributed by atoms with E-state index < -0.39 is 11.7 Å². The number of hydrogen-bond donors (Lipinski definition) is 1. The van der Waals surface area contributed by atoms with Crippen molar-refractivity contribution >= 4 is 17.3 Å². The summed E-state index contributed by atoms with van der Waals surface area (Å²) in [7, 11) is 0. The second-order valence-electron chi connectivity index (χ2n) is 7.20. The van der Waals surface area contributed by atoms with Crippen LogP contribution in [0.4, 0.5) is 10.1 Å². The summed E-state index contributed by atoms with van der Waals surface area (Å²) in [6, 6.07) is 3.69. The third kappa shape index (κ3) is 3.74. The van der Waals surface area contributed by atoms with Crippen molar-refractivity contribution in [2.24, 2.45) is 0 Å². The van der Waals surface area contributed by atoms with Crippen molar-refractivity contribution in [3.8, 4) is 0 Å². The highest BCUT2D eigenvalue weighted by atomic mass is 35.5. The molecule has 1 aliphatic rings. The van der Waals surface area contributed by atoms with Crippen LogP contribution in [0, 0.1) is 0 Å². The first-order valence-electron chi connectivity index (χ1n) is 9.44. The zero-order chi connectivity index (χ0) is 20.5. The fraction of sp³-hybridized carbons (Fsp3) is 0.421. The number of nitrogens with one attached hydrogen (secondary N) is 1. The molecule has 2 atom stereocenters. The molecule has 1 N–H and O–H groups in total. The van der Waals surface area contributed by atoms with Gasteiger partial charge in [-0.25, -0.2) is 14.2 Å². The summed E-state index contributed by atoms with van der Waals surface area (Å²) < 4.78 is 15.5. The molecule has 29 heavy (non-hydrogen) atoms. The lowest BCUT2D eigenvalue weighted by molar-refractivity contribution is 0.355. The molecule has 3 aromatic heterocycles. The Labute approximate surface area is 171 Å². The molecule has 1 unspecified atom stereocenters. The van der Waals surface area contributed by atoms with Gasteiger partial charge in [-0.05, 0) is 25.5 Å². The molecule has 0 saturated heterocycles. The predicted molar refractivity (Wildman–Crippen MR) is 107 cm³/mol. The maximum absolute atomic E-state index is 13.6. The average Bonchev–Trinajstić information content (AvgIpc) is 3.13. The Balaban J connectivity index is 1.62. The molecule has 0 saturated carbocycles. The van der Waals surface area contributed by atoms with Crippen LogP contribution in [0.3, 0.4) is 0 Å². The summed E-state index contributed by atoms with van der Waals surface area (Å²) >= 11 is 6.14. The molecule has 0 aromatic carbocycles. The van der Waals surface area contributed by atoms with Crippen molar-refractivity contribution < 1.29 is 4.39 Å². The molecule has 10 heteroatoms. The van der Waals surface area contributed by atoms with Crippen LogP contribution in [-0.2, 0) is 19.4 Å². The predicted octanol–water partition coefficient (Wildman–Crippen LogP) is 2.48. The van der Waals surface area contributed by atoms with Gasteiger partial charge in [0.2, 0.25) is 0 Å². The van der Waals surface area contributed by atoms with Crippen LogP contribution in [-0.4, -0.2) is 42.9 Å². The maximum Gasteiger partial charge on any atom is 0.285 e. The monoisotopic (exact) mass is 417 g/mol. The van der Waals surface area contributed by atoms with Gasteiger partial charge < -0.3 is 4.90 Å². The van der Waals surface area contributed by atoms with Crippen LogP contribution >= 0.6 is 11.6 Å². The average molecular weight is 418 g/mol. The van der Waals surface area contributed by atoms with Crippen LogP contribution in [0.5, 0.6) is 0 Å². The summed E-state index contributed by atoms with van der Waals surface area (Å²) in [6.45, 7) is 4.68. The highest BCUT2D eigenvalue weighted by Crippen LogP contribution is 2.29. The number of hydrogen-bond acceptors (Lipinski definition) is 6. The minimum atomic E-state index is -0.971. The Morgan fingerprint density at radius 3 is 3.00 bits per heavy atom. The minimum Gasteiger partial charge on any atom is -0.362 e. The van der Waals surface area contributed by atoms with Crippen LogP contribution < -0.4 is 10.5 Å². The molecular formula is C19H21ClFN7O. The van der Waals surface area contributed by atoms with Gasteiger partial charge in [-0.3, -0.25) is 9.78 Å². The molecule has 8 nitrogen and oxygen atoms in total. The molecule has 0 fully saturated rings. The summed E-state index contributed by atoms with van der Waals surface area (Å²) in [5.74, 6) is 0. The van der Waals surface area contributed by atoms with Gasteiger partial charge in [0.05, 0.1) is 30.2 Å². The number of rotatable bonds is 5. The number of H-pyrrole nitrogens is 1. The first kappa shape index (κ1) is 19.5. The van der Waals surface area contributed by atoms with Gasteiger partial charge in [0.1, 0.15) is 16.9 Å². The molecular weight excluding hydrogens is 397 g/mol. The molecule has 152 valence electrons. The molecule has 1 aliphatic heterocycles. The summed E-state index contributed by atoms with van der Waals surface area (Å²) in [5, 5.41) is 15.0. The Morgan fingerprint density at radius 2 is 2.21 bits per heavy atom. The number of aromatic amines is 1. The highest BCUT2D eigenvalue weighted by molar-refractivity contribution is 6.32. The normalized spacial score (nSPS) is 15.8. The molecule has 0 radical (unpaired) electrons. The van der Waals surface area contributed by atoms with Crippen molar-refractivity contribution in [3.05, 3.63) is 62.5 Å². The van der Waals surface area contributed by atoms with Crippen LogP contribution in [0.2, 0.25) is 5.02 Å². The van der Waals surface area contributed by atoms with E-state index in [9.17, 15) is 9.18 Å². The van der Waals surface area contributed by atoms with E-state index in [2.05, 4.69) is 25.5 Å². The van der Waals surface area contributed by atoms with E-state index in [1.807, 2.05) is 28.6 Å². The topological polar surface area (TPSA) is 92.6 Å². The molecule has 0 spiro atoms. The molecule has 3 aromatic rings. The van der Waals surface area contributed by atoms with Crippen molar-refractivity contribution in [1.82, 2.24) is 30.2 Å². The molecule has 0 bridgehead atoms. The molecule has 4 heterocycles. The minimum absolute atomic E-state index is 0.115. The molecule has 0 amide bonds. The standard InChI is InChI=1S/C19H21ClFN7O/c1-11(21)8-14-13(4-3-6-22-14)12(2)28-16-5-7-27(10-15(16)24-26-28)17-9-23-25-19(29)18(17)20/h3-4,6,9,11-12H,5,7-8,10H2,1-2H3,(H,25,29)/t11?,12-/m1/s1. The summed E-state index contributed by atoms with van der Waals surface area (Å²) in [5.41, 5.74) is 3.68. The van der Waals surface area contributed by atoms with E-state index in [4.69, 9.17) is 11.6 Å². The zero-order valence-electron chi connectivity index (χ0n) is 16.1. The smallest absolute Gasteiger partial charge is 0.285 e. The van der Waals surface area contributed by atoms with E-state index >= 15 is 0 Å². The number of aromatic nitrogens is 6. The van der Waals surface area contributed by atoms with Crippen molar-refractivity contribution in [3.63, 3.8) is 0 Å². The second-order valence-corrected chi connectivity index (χ2v) is 7.58. The van der Waals surface area contributed by atoms with Gasteiger partial charge in [-0.1, -0.05) is 22.9 Å². The SMILES string of the molecule is CC(F)Cc1ncccc1[C@@H](C)n1nnc2c1CCN(c1cn[nH]c(=O)c1Cl)C2. The van der Waals surface area contributed by atoms with E-state index in [1.54, 1.807) is 12.4 Å². The fourth-order valence-corrected chi connectivity index (χ4v) is 3.95. The summed E-state index contributed by atoms with van der Waals surface area (Å²) in [4.78, 5) is 18.1. The van der Waals surface area contributed by atoms with Gasteiger partial charge in [0, 0.05) is 31.3 Å². The highest BCUT2D eigenvalue weighted by Gasteiger charge is 2.27. The van der Waals surface area contributed by atoms with Crippen LogP contribution in [0.15, 0.2) is 29.3 Å². The lowest BCUT2D eigenvalue weighted by Crippen LogP contribution is -2.33. The van der Waals surface area contributed by atoms with Gasteiger partial charge in [-0.2, -0.15) is 5.10 Å². The number of anilines is 1. The first-order valence-corrected chi connectivity index (χ1v) is 9.82. The Bertz CT molecular complexity index is 1080. The molecule has 4 rings (SSSR count). The number of pyridine rings is 1. The lowest BCUT2D eigenvalue weighted by Gasteiger charge is -2.29. The summed E-state index contributed by atoms with van der Waals surface area (Å²) in [6.07, 6.45) is 3.20. The fourth-order valence-electron chi connectivity index (χ4n) is 3.74. The largest absolute Gasteiger partial charge is 0.362 e. The lowest BCUT2D eigenvalue weighted by atomic mass is 10.0. The second kappa shape index (κ2) is 7.90. The number of alkyl halides is 1. The number of nitrogens with zero attached hydrogens (tertiary/aromatic N) is 6. The zero-order valence-corrected chi connectivity index (χ0v) is 16.9. The van der Waals surface area contributed by atoms with Crippen LogP contribution in [0.25, 0.3) is 0 Å². The van der Waals surface area contributed by atoms with Gasteiger partial charge in [0.15, 0.2) is 0 Å². The van der Waals surface area contributed by atoms with E-state index in [-0.39, 0.29) is 17.5 Å². The Kier molecular flexibility index (Phi) is 5.31. The van der Waals surface area contributed by atoms with E-state index in [0.717, 1.165) is 22.6 Å². The van der Waals surface area contributed by atoms with Crippen molar-refractivity contribution in [2.75, 3.05) is 11.4 Å². The third-order valence-corrected chi connectivity index (χ3v) is 5.53. The van der Waals surface area contributed by atoms with Gasteiger partial charge >= 0.3 is 0 Å². The van der Waals surface area contributed by atoms with E-state index in [0.29, 0.717) is 25.2 Å². The van der Waals surface area contributed by atoms with Crippen molar-refractivity contribution in [1.29, 1.82) is 0 Å². The molecule has 0 aliphatic carbocycles. The van der Waals surface area contributed by atoms with E-state index in [1.165, 1.54) is 6.92 Å². The first-order chi connectivity index (χ1) is 14.0. The van der Waals surface area contributed by atoms with Gasteiger partial charge in [0.25, 0.3) is 5.56 Å². The number of halogens is 2. The quantitative estimate of drug-likeness (QED) is 0.685.